The molecule has 2 fully saturated rings. The minimum absolute atomic E-state index is 0.212. The summed E-state index contributed by atoms with van der Waals surface area (Å²) in [6.45, 7) is 3.27. The third-order valence-corrected chi connectivity index (χ3v) is 5.00. The van der Waals surface area contributed by atoms with Gasteiger partial charge in [0.2, 0.25) is 0 Å². The number of rotatable bonds is 6. The number of pyridine rings is 1. The van der Waals surface area contributed by atoms with Gasteiger partial charge in [0.1, 0.15) is 0 Å². The number of fused-ring (bicyclic) bond motifs is 1. The summed E-state index contributed by atoms with van der Waals surface area (Å²) in [5.74, 6) is 0. The lowest BCUT2D eigenvalue weighted by Crippen LogP contribution is -2.43. The molecule has 3 atom stereocenters. The molecule has 4 heterocycles. The van der Waals surface area contributed by atoms with Crippen LogP contribution in [0, 0.1) is 0 Å². The lowest BCUT2D eigenvalue weighted by molar-refractivity contribution is -0.102. The maximum Gasteiger partial charge on any atom is 0.0947 e. The normalized spacial score (nSPS) is 27.2. The fourth-order valence-electron chi connectivity index (χ4n) is 3.80. The maximum atomic E-state index is 6.29. The van der Waals surface area contributed by atoms with Gasteiger partial charge in [-0.25, -0.2) is 0 Å². The van der Waals surface area contributed by atoms with Crippen LogP contribution in [-0.4, -0.2) is 41.3 Å². The molecule has 128 valence electrons. The molecule has 24 heavy (non-hydrogen) atoms. The zero-order valence-electron chi connectivity index (χ0n) is 13.8. The van der Waals surface area contributed by atoms with E-state index in [-0.39, 0.29) is 6.10 Å². The molecule has 0 radical (unpaired) electrons. The first-order valence-electron chi connectivity index (χ1n) is 8.77. The van der Waals surface area contributed by atoms with Gasteiger partial charge in [-0.2, -0.15) is 0 Å². The van der Waals surface area contributed by atoms with Gasteiger partial charge >= 0.3 is 0 Å². The van der Waals surface area contributed by atoms with E-state index in [1.807, 2.05) is 30.5 Å². The molecule has 5 nitrogen and oxygen atoms in total. The van der Waals surface area contributed by atoms with Gasteiger partial charge in [-0.3, -0.25) is 9.88 Å². The molecule has 0 N–H and O–H groups in total. The van der Waals surface area contributed by atoms with Gasteiger partial charge < -0.3 is 13.9 Å². The summed E-state index contributed by atoms with van der Waals surface area (Å²) in [4.78, 5) is 6.81. The minimum atomic E-state index is 0.212. The van der Waals surface area contributed by atoms with Crippen molar-refractivity contribution in [1.82, 2.24) is 9.88 Å². The molecule has 2 saturated heterocycles. The van der Waals surface area contributed by atoms with E-state index in [4.69, 9.17) is 13.9 Å². The zero-order chi connectivity index (χ0) is 16.2. The third kappa shape index (κ3) is 3.69. The highest BCUT2D eigenvalue weighted by Crippen LogP contribution is 2.32. The van der Waals surface area contributed by atoms with Crippen molar-refractivity contribution in [2.45, 2.75) is 50.7 Å². The van der Waals surface area contributed by atoms with E-state index >= 15 is 0 Å². The Balaban J connectivity index is 1.23. The summed E-state index contributed by atoms with van der Waals surface area (Å²) in [6.07, 6.45) is 9.29. The molecule has 2 aliphatic rings. The van der Waals surface area contributed by atoms with Gasteiger partial charge in [-0.15, -0.1) is 0 Å². The van der Waals surface area contributed by atoms with Crippen molar-refractivity contribution in [3.8, 4) is 0 Å². The van der Waals surface area contributed by atoms with Gasteiger partial charge in [-0.05, 0) is 37.5 Å². The third-order valence-electron chi connectivity index (χ3n) is 5.00. The molecule has 0 spiro atoms. The van der Waals surface area contributed by atoms with Crippen molar-refractivity contribution in [3.05, 3.63) is 54.2 Å². The Morgan fingerprint density at radius 1 is 1.21 bits per heavy atom. The van der Waals surface area contributed by atoms with Crippen LogP contribution in [0.5, 0.6) is 0 Å². The molecule has 0 bridgehead atoms. The van der Waals surface area contributed by atoms with E-state index in [1.54, 1.807) is 12.5 Å². The molecular formula is C19H24N2O3. The van der Waals surface area contributed by atoms with Gasteiger partial charge in [0, 0.05) is 30.9 Å². The molecule has 0 saturated carbocycles. The second-order valence-electron chi connectivity index (χ2n) is 6.67. The molecule has 4 rings (SSSR count). The average Bonchev–Trinajstić information content (AvgIpc) is 3.26. The van der Waals surface area contributed by atoms with Gasteiger partial charge in [0.25, 0.3) is 0 Å². The van der Waals surface area contributed by atoms with E-state index < -0.39 is 0 Å². The molecular weight excluding hydrogens is 304 g/mol. The van der Waals surface area contributed by atoms with Crippen LogP contribution in [0.4, 0.5) is 0 Å². The Hall–Kier alpha value is -1.69. The van der Waals surface area contributed by atoms with Crippen molar-refractivity contribution in [2.24, 2.45) is 0 Å². The highest BCUT2D eigenvalue weighted by Gasteiger charge is 2.39. The van der Waals surface area contributed by atoms with Crippen molar-refractivity contribution >= 4 is 0 Å². The first kappa shape index (κ1) is 15.8. The van der Waals surface area contributed by atoms with E-state index in [0.29, 0.717) is 25.4 Å². The summed E-state index contributed by atoms with van der Waals surface area (Å²) in [7, 11) is 0. The fourth-order valence-corrected chi connectivity index (χ4v) is 3.80. The van der Waals surface area contributed by atoms with E-state index in [1.165, 1.54) is 12.0 Å². The second-order valence-corrected chi connectivity index (χ2v) is 6.67. The van der Waals surface area contributed by atoms with Crippen LogP contribution in [0.25, 0.3) is 0 Å². The Bertz CT molecular complexity index is 617. The topological polar surface area (TPSA) is 47.7 Å². The van der Waals surface area contributed by atoms with Crippen LogP contribution in [0.15, 0.2) is 47.4 Å². The van der Waals surface area contributed by atoms with Crippen molar-refractivity contribution in [2.75, 3.05) is 13.2 Å². The first-order chi connectivity index (χ1) is 11.9. The smallest absolute Gasteiger partial charge is 0.0947 e. The molecule has 0 aromatic carbocycles. The molecule has 0 aliphatic carbocycles. The van der Waals surface area contributed by atoms with Crippen LogP contribution in [-0.2, 0) is 22.6 Å². The van der Waals surface area contributed by atoms with Crippen LogP contribution in [0.1, 0.15) is 30.5 Å². The fraction of sp³-hybridized carbons (Fsp3) is 0.526. The lowest BCUT2D eigenvalue weighted by atomic mass is 9.99. The van der Waals surface area contributed by atoms with Crippen molar-refractivity contribution in [3.63, 3.8) is 0 Å². The van der Waals surface area contributed by atoms with Gasteiger partial charge in [0.15, 0.2) is 0 Å². The summed E-state index contributed by atoms with van der Waals surface area (Å²) in [6, 6.07) is 8.48. The summed E-state index contributed by atoms with van der Waals surface area (Å²) in [5, 5.41) is 0. The largest absolute Gasteiger partial charge is 0.472 e. The average molecular weight is 328 g/mol. The molecule has 0 amide bonds. The van der Waals surface area contributed by atoms with E-state index in [0.717, 1.165) is 31.6 Å². The number of hydrogen-bond donors (Lipinski definition) is 0. The van der Waals surface area contributed by atoms with Crippen molar-refractivity contribution in [1.29, 1.82) is 0 Å². The van der Waals surface area contributed by atoms with E-state index in [2.05, 4.69) is 9.88 Å². The number of hydrogen-bond acceptors (Lipinski definition) is 5. The van der Waals surface area contributed by atoms with Crippen molar-refractivity contribution < 1.29 is 13.9 Å². The summed E-state index contributed by atoms with van der Waals surface area (Å²) < 4.78 is 17.3. The zero-order valence-corrected chi connectivity index (χ0v) is 13.8. The quantitative estimate of drug-likeness (QED) is 0.816. The first-order valence-corrected chi connectivity index (χ1v) is 8.77. The molecule has 2 aromatic heterocycles. The lowest BCUT2D eigenvalue weighted by Gasteiger charge is -2.35. The Morgan fingerprint density at radius 2 is 2.21 bits per heavy atom. The Kier molecular flexibility index (Phi) is 4.92. The van der Waals surface area contributed by atoms with Crippen LogP contribution in [0.2, 0.25) is 0 Å². The SMILES string of the molecule is c1ccc(COC[C@@H]2CC[C@@H]3[C@@H](CCN3Cc3ccoc3)O2)nc1. The standard InChI is InChI=1S/C19H24N2O3/c1-2-8-20-16(3-1)13-23-14-17-4-5-18-19(24-17)6-9-21(18)11-15-7-10-22-12-15/h1-3,7-8,10,12,17-19H,4-6,9,11,13-14H2/t17-,18+,19+/m0/s1. The number of aromatic nitrogens is 1. The Labute approximate surface area is 142 Å². The predicted molar refractivity (Wildman–Crippen MR) is 89.3 cm³/mol. The minimum Gasteiger partial charge on any atom is -0.472 e. The highest BCUT2D eigenvalue weighted by molar-refractivity contribution is 5.07. The number of furan rings is 1. The number of nitrogens with zero attached hydrogens (tertiary/aromatic N) is 2. The monoisotopic (exact) mass is 328 g/mol. The number of likely N-dealkylation sites (tertiary alicyclic amines) is 1. The Morgan fingerprint density at radius 3 is 3.04 bits per heavy atom. The van der Waals surface area contributed by atoms with Crippen LogP contribution < -0.4 is 0 Å². The second kappa shape index (κ2) is 7.47. The summed E-state index contributed by atoms with van der Waals surface area (Å²) in [5.41, 5.74) is 2.22. The predicted octanol–water partition coefficient (Wildman–Crippen LogP) is 3.01. The van der Waals surface area contributed by atoms with Crippen LogP contribution in [0.3, 0.4) is 0 Å². The van der Waals surface area contributed by atoms with Crippen LogP contribution >= 0.6 is 0 Å². The molecule has 2 aliphatic heterocycles. The van der Waals surface area contributed by atoms with Gasteiger partial charge in [-0.1, -0.05) is 6.07 Å². The summed E-state index contributed by atoms with van der Waals surface area (Å²) >= 11 is 0. The van der Waals surface area contributed by atoms with Gasteiger partial charge in [0.05, 0.1) is 43.6 Å². The van der Waals surface area contributed by atoms with E-state index in [9.17, 15) is 0 Å². The maximum absolute atomic E-state index is 6.29. The molecule has 5 heteroatoms. The number of ether oxygens (including phenoxy) is 2. The molecule has 2 aromatic rings. The molecule has 0 unspecified atom stereocenters. The highest BCUT2D eigenvalue weighted by atomic mass is 16.5.